The molecule has 7 nitrogen and oxygen atoms in total. The predicted molar refractivity (Wildman–Crippen MR) is 82.4 cm³/mol. The summed E-state index contributed by atoms with van der Waals surface area (Å²) in [5.74, 6) is 0.0567. The van der Waals surface area contributed by atoms with Crippen LogP contribution in [-0.4, -0.2) is 48.3 Å². The molecule has 2 fully saturated rings. The molecule has 3 rings (SSSR count). The second kappa shape index (κ2) is 5.43. The van der Waals surface area contributed by atoms with Gasteiger partial charge in [-0.05, 0) is 19.3 Å². The lowest BCUT2D eigenvalue weighted by Crippen LogP contribution is -2.31. The number of nitrogens with two attached hydrogens (primary N) is 2. The first kappa shape index (κ1) is 14.6. The second-order valence-corrected chi connectivity index (χ2v) is 7.02. The van der Waals surface area contributed by atoms with Gasteiger partial charge in [0, 0.05) is 31.1 Å². The Bertz CT molecular complexity index is 543. The van der Waals surface area contributed by atoms with E-state index in [0.29, 0.717) is 11.4 Å². The molecule has 0 radical (unpaired) electrons. The Labute approximate surface area is 127 Å². The summed E-state index contributed by atoms with van der Waals surface area (Å²) in [6, 6.07) is 0.159. The average molecular weight is 311 g/mol. The minimum absolute atomic E-state index is 0.111. The van der Waals surface area contributed by atoms with Gasteiger partial charge in [0.05, 0.1) is 6.61 Å². The maximum absolute atomic E-state index is 12.2. The van der Waals surface area contributed by atoms with Crippen LogP contribution in [0.3, 0.4) is 0 Å². The molecule has 1 amide bonds. The third-order valence-electron chi connectivity index (χ3n) is 4.26. The summed E-state index contributed by atoms with van der Waals surface area (Å²) in [4.78, 5) is 19.0. The fourth-order valence-electron chi connectivity index (χ4n) is 2.49. The molecule has 1 atom stereocenters. The van der Waals surface area contributed by atoms with Gasteiger partial charge in [-0.1, -0.05) is 11.3 Å². The Morgan fingerprint density at radius 1 is 1.57 bits per heavy atom. The average Bonchev–Trinajstić information content (AvgIpc) is 2.96. The van der Waals surface area contributed by atoms with E-state index in [1.807, 2.05) is 0 Å². The van der Waals surface area contributed by atoms with E-state index in [9.17, 15) is 9.90 Å². The number of hydrogen-bond donors (Lipinski definition) is 4. The molecule has 1 saturated carbocycles. The van der Waals surface area contributed by atoms with Crippen LogP contribution < -0.4 is 21.7 Å². The molecular formula is C13H21N5O2S. The summed E-state index contributed by atoms with van der Waals surface area (Å²) < 4.78 is 0. The molecule has 1 saturated heterocycles. The summed E-state index contributed by atoms with van der Waals surface area (Å²) in [5.41, 5.74) is 11.6. The summed E-state index contributed by atoms with van der Waals surface area (Å²) in [6.07, 6.45) is 2.85. The second-order valence-electron chi connectivity index (χ2n) is 6.05. The van der Waals surface area contributed by atoms with Crippen molar-refractivity contribution in [2.45, 2.75) is 25.3 Å². The fraction of sp³-hybridized carbons (Fsp3) is 0.692. The Balaban J connectivity index is 1.65. The quantitative estimate of drug-likeness (QED) is 0.596. The number of nitrogen functional groups attached to an aromatic ring is 1. The van der Waals surface area contributed by atoms with E-state index in [-0.39, 0.29) is 29.8 Å². The number of nitrogens with one attached hydrogen (secondary N) is 1. The zero-order valence-corrected chi connectivity index (χ0v) is 12.7. The van der Waals surface area contributed by atoms with Crippen LogP contribution >= 0.6 is 11.3 Å². The number of hydrogen-bond acceptors (Lipinski definition) is 7. The van der Waals surface area contributed by atoms with Crippen molar-refractivity contribution in [1.29, 1.82) is 0 Å². The molecule has 21 heavy (non-hydrogen) atoms. The Morgan fingerprint density at radius 3 is 2.90 bits per heavy atom. The number of nitrogens with zero attached hydrogens (tertiary/aromatic N) is 2. The smallest absolute Gasteiger partial charge is 0.265 e. The van der Waals surface area contributed by atoms with Crippen LogP contribution in [0, 0.1) is 5.41 Å². The molecule has 2 heterocycles. The molecule has 0 spiro atoms. The van der Waals surface area contributed by atoms with E-state index in [1.54, 1.807) is 0 Å². The summed E-state index contributed by atoms with van der Waals surface area (Å²) in [6.45, 7) is 2.20. The number of carbonyl (C=O) groups excluding carboxylic acids is 1. The topological polar surface area (TPSA) is 118 Å². The number of aromatic nitrogens is 1. The lowest BCUT2D eigenvalue weighted by atomic mass is 10.1. The first-order valence-electron chi connectivity index (χ1n) is 7.19. The van der Waals surface area contributed by atoms with Gasteiger partial charge < -0.3 is 26.8 Å². The lowest BCUT2D eigenvalue weighted by molar-refractivity contribution is 0.0940. The van der Waals surface area contributed by atoms with Gasteiger partial charge in [0.1, 0.15) is 10.7 Å². The molecule has 1 aliphatic heterocycles. The van der Waals surface area contributed by atoms with Gasteiger partial charge in [-0.25, -0.2) is 4.98 Å². The largest absolute Gasteiger partial charge is 0.396 e. The molecule has 116 valence electrons. The zero-order valence-electron chi connectivity index (χ0n) is 11.8. The molecule has 1 aromatic rings. The van der Waals surface area contributed by atoms with Crippen molar-refractivity contribution in [3.8, 4) is 0 Å². The first-order chi connectivity index (χ1) is 10.0. The van der Waals surface area contributed by atoms with Crippen molar-refractivity contribution in [3.05, 3.63) is 4.88 Å². The van der Waals surface area contributed by atoms with Gasteiger partial charge in [0.2, 0.25) is 0 Å². The van der Waals surface area contributed by atoms with E-state index in [0.717, 1.165) is 37.5 Å². The van der Waals surface area contributed by atoms with Crippen molar-refractivity contribution < 1.29 is 9.90 Å². The minimum Gasteiger partial charge on any atom is -0.396 e. The Hall–Kier alpha value is -1.38. The zero-order chi connectivity index (χ0) is 15.0. The number of rotatable bonds is 5. The third-order valence-corrected chi connectivity index (χ3v) is 5.39. The number of anilines is 2. The highest BCUT2D eigenvalue weighted by Crippen LogP contribution is 2.44. The van der Waals surface area contributed by atoms with Gasteiger partial charge in [-0.3, -0.25) is 4.79 Å². The van der Waals surface area contributed by atoms with Crippen molar-refractivity contribution >= 4 is 28.2 Å². The lowest BCUT2D eigenvalue weighted by Gasteiger charge is -2.13. The Kier molecular flexibility index (Phi) is 3.76. The van der Waals surface area contributed by atoms with Gasteiger partial charge in [0.25, 0.3) is 5.91 Å². The molecule has 2 aliphatic rings. The molecule has 1 aliphatic carbocycles. The minimum atomic E-state index is -0.209. The summed E-state index contributed by atoms with van der Waals surface area (Å²) >= 11 is 1.31. The van der Waals surface area contributed by atoms with Crippen LogP contribution in [0.4, 0.5) is 10.9 Å². The Morgan fingerprint density at radius 2 is 2.33 bits per heavy atom. The van der Waals surface area contributed by atoms with Crippen LogP contribution in [0.5, 0.6) is 0 Å². The monoisotopic (exact) mass is 311 g/mol. The predicted octanol–water partition coefficient (Wildman–Crippen LogP) is -0.235. The van der Waals surface area contributed by atoms with Crippen LogP contribution in [0.2, 0.25) is 0 Å². The molecule has 1 unspecified atom stereocenters. The number of amides is 1. The van der Waals surface area contributed by atoms with Gasteiger partial charge >= 0.3 is 0 Å². The van der Waals surface area contributed by atoms with Crippen molar-refractivity contribution in [1.82, 2.24) is 10.3 Å². The summed E-state index contributed by atoms with van der Waals surface area (Å²) in [7, 11) is 0. The highest BCUT2D eigenvalue weighted by molar-refractivity contribution is 7.18. The van der Waals surface area contributed by atoms with Crippen molar-refractivity contribution in [2.75, 3.05) is 36.9 Å². The van der Waals surface area contributed by atoms with Crippen LogP contribution in [-0.2, 0) is 0 Å². The van der Waals surface area contributed by atoms with Gasteiger partial charge in [-0.2, -0.15) is 0 Å². The number of aliphatic hydroxyl groups is 1. The molecular weight excluding hydrogens is 290 g/mol. The fourth-order valence-corrected chi connectivity index (χ4v) is 3.43. The van der Waals surface area contributed by atoms with E-state index in [2.05, 4.69) is 15.2 Å². The normalized spacial score (nSPS) is 23.3. The number of thiazole rings is 1. The van der Waals surface area contributed by atoms with Gasteiger partial charge in [-0.15, -0.1) is 0 Å². The van der Waals surface area contributed by atoms with E-state index in [4.69, 9.17) is 11.5 Å². The van der Waals surface area contributed by atoms with Crippen LogP contribution in [0.1, 0.15) is 28.9 Å². The molecule has 1 aromatic heterocycles. The highest BCUT2D eigenvalue weighted by atomic mass is 32.1. The van der Waals surface area contributed by atoms with Crippen molar-refractivity contribution in [3.63, 3.8) is 0 Å². The van der Waals surface area contributed by atoms with E-state index >= 15 is 0 Å². The number of carbonyl (C=O) groups is 1. The molecule has 6 N–H and O–H groups in total. The SMILES string of the molecule is Nc1nc(N2CCC(N)C2)sc1C(=O)NCC1(CO)CC1. The van der Waals surface area contributed by atoms with E-state index < -0.39 is 0 Å². The van der Waals surface area contributed by atoms with Gasteiger partial charge in [0.15, 0.2) is 5.13 Å². The molecule has 0 bridgehead atoms. The maximum atomic E-state index is 12.2. The van der Waals surface area contributed by atoms with E-state index in [1.165, 1.54) is 11.3 Å². The highest BCUT2D eigenvalue weighted by Gasteiger charge is 2.42. The number of aliphatic hydroxyl groups excluding tert-OH is 1. The van der Waals surface area contributed by atoms with Crippen molar-refractivity contribution in [2.24, 2.45) is 11.1 Å². The summed E-state index contributed by atoms with van der Waals surface area (Å²) in [5, 5.41) is 12.9. The van der Waals surface area contributed by atoms with Crippen LogP contribution in [0.15, 0.2) is 0 Å². The molecule has 8 heteroatoms. The molecule has 0 aromatic carbocycles. The maximum Gasteiger partial charge on any atom is 0.265 e. The third kappa shape index (κ3) is 2.97. The van der Waals surface area contributed by atoms with Crippen LogP contribution in [0.25, 0.3) is 0 Å². The first-order valence-corrected chi connectivity index (χ1v) is 8.00. The standard InChI is InChI=1S/C13H21N5O2S/c14-8-1-4-18(5-8)12-17-10(15)9(21-12)11(20)16-6-13(7-19)2-3-13/h8,19H,1-7,14-15H2,(H,16,20).